The summed E-state index contributed by atoms with van der Waals surface area (Å²) in [5.74, 6) is 0.207. The monoisotopic (exact) mass is 1160 g/mol. The number of halogens is 1. The van der Waals surface area contributed by atoms with Crippen LogP contribution < -0.4 is 16.0 Å². The van der Waals surface area contributed by atoms with Crippen LogP contribution in [0.2, 0.25) is 0 Å². The molecule has 3 spiro atoms. The third-order valence-electron chi connectivity index (χ3n) is 20.9. The van der Waals surface area contributed by atoms with E-state index in [1.54, 1.807) is 26.8 Å². The molecule has 3 aliphatic carbocycles. The third-order valence-corrected chi connectivity index (χ3v) is 20.9. The molecule has 0 unspecified atom stereocenters. The van der Waals surface area contributed by atoms with E-state index in [0.717, 1.165) is 88.5 Å². The van der Waals surface area contributed by atoms with Crippen LogP contribution in [0.25, 0.3) is 0 Å². The van der Waals surface area contributed by atoms with Crippen LogP contribution in [0.3, 0.4) is 0 Å². The number of piperidine rings is 4. The van der Waals surface area contributed by atoms with Gasteiger partial charge < -0.3 is 35.6 Å². The molecule has 11 nitrogen and oxygen atoms in total. The van der Waals surface area contributed by atoms with Gasteiger partial charge in [-0.2, -0.15) is 0 Å². The molecule has 4 amide bonds. The molecule has 4 heterocycles. The van der Waals surface area contributed by atoms with Crippen molar-refractivity contribution in [3.8, 4) is 0 Å². The Morgan fingerprint density at radius 2 is 0.810 bits per heavy atom. The van der Waals surface area contributed by atoms with Crippen LogP contribution in [0.5, 0.6) is 0 Å². The maximum absolute atomic E-state index is 14.1. The van der Waals surface area contributed by atoms with E-state index in [9.17, 15) is 23.6 Å². The van der Waals surface area contributed by atoms with Crippen molar-refractivity contribution in [1.82, 2.24) is 35.6 Å². The highest BCUT2D eigenvalue weighted by Crippen LogP contribution is 2.51. The number of carbonyl (C=O) groups is 4. The van der Waals surface area contributed by atoms with Gasteiger partial charge in [0.05, 0.1) is 18.1 Å². The third kappa shape index (κ3) is 17.1. The number of hydrogen-bond acceptors (Lipinski definition) is 7. The molecule has 10 rings (SSSR count). The Morgan fingerprint density at radius 1 is 0.464 bits per heavy atom. The molecule has 0 radical (unpaired) electrons. The maximum atomic E-state index is 14.1. The number of rotatable bonds is 10. The van der Waals surface area contributed by atoms with Gasteiger partial charge in [-0.1, -0.05) is 117 Å². The molecule has 4 aliphatic heterocycles. The molecule has 3 N–H and O–H groups in total. The van der Waals surface area contributed by atoms with Gasteiger partial charge in [0.15, 0.2) is 0 Å². The van der Waals surface area contributed by atoms with Crippen LogP contribution >= 0.6 is 0 Å². The van der Waals surface area contributed by atoms with Gasteiger partial charge in [0.1, 0.15) is 5.82 Å². The normalized spacial score (nSPS) is 23.4. The summed E-state index contributed by atoms with van der Waals surface area (Å²) >= 11 is 0. The van der Waals surface area contributed by atoms with Gasteiger partial charge >= 0.3 is 0 Å². The van der Waals surface area contributed by atoms with E-state index in [0.29, 0.717) is 34.7 Å². The van der Waals surface area contributed by atoms with E-state index in [1.165, 1.54) is 119 Å². The number of amides is 4. The Labute approximate surface area is 511 Å². The molecule has 470 valence electrons. The largest absolute Gasteiger partial charge is 0.350 e. The lowest BCUT2D eigenvalue weighted by molar-refractivity contribution is -0.134. The molecule has 4 fully saturated rings. The molecule has 4 saturated heterocycles. The Kier molecular flexibility index (Phi) is 21.5. The van der Waals surface area contributed by atoms with Crippen molar-refractivity contribution < 1.29 is 27.8 Å². The molecule has 3 aromatic carbocycles. The molecule has 0 bridgehead atoms. The van der Waals surface area contributed by atoms with E-state index in [-0.39, 0.29) is 68.6 Å². The van der Waals surface area contributed by atoms with Gasteiger partial charge in [-0.15, -0.1) is 0 Å². The average Bonchev–Trinajstić information content (AvgIpc) is 0.874. The average molecular weight is 1160 g/mol. The van der Waals surface area contributed by atoms with Crippen LogP contribution in [0.15, 0.2) is 66.7 Å². The summed E-state index contributed by atoms with van der Waals surface area (Å²) in [5.41, 5.74) is 9.75. The molecular formula is C72H116FN7O4. The van der Waals surface area contributed by atoms with Gasteiger partial charge in [0.25, 0.3) is 0 Å². The zero-order valence-corrected chi connectivity index (χ0v) is 54.3. The van der Waals surface area contributed by atoms with Gasteiger partial charge in [-0.25, -0.2) is 4.39 Å². The highest BCUT2D eigenvalue weighted by Gasteiger charge is 2.45. The van der Waals surface area contributed by atoms with Crippen molar-refractivity contribution in [2.75, 3.05) is 72.0 Å². The van der Waals surface area contributed by atoms with Gasteiger partial charge in [-0.05, 0) is 246 Å². The van der Waals surface area contributed by atoms with Crippen LogP contribution in [-0.2, 0) is 35.4 Å². The minimum absolute atomic E-state index is 0. The summed E-state index contributed by atoms with van der Waals surface area (Å²) in [7, 11) is 0. The smallest absolute Gasteiger partial charge is 0.223 e. The van der Waals surface area contributed by atoms with Crippen LogP contribution in [-0.4, -0.2) is 115 Å². The van der Waals surface area contributed by atoms with Gasteiger partial charge in [-0.3, -0.25) is 19.2 Å². The lowest BCUT2D eigenvalue weighted by Crippen LogP contribution is -2.48. The van der Waals surface area contributed by atoms with E-state index < -0.39 is 0 Å². The molecule has 0 saturated carbocycles. The lowest BCUT2D eigenvalue weighted by Gasteiger charge is -2.47. The number of carbonyl (C=O) groups excluding carboxylic acids is 4. The van der Waals surface area contributed by atoms with Crippen molar-refractivity contribution in [3.05, 3.63) is 106 Å². The predicted octanol–water partition coefficient (Wildman–Crippen LogP) is 14.4. The quantitative estimate of drug-likeness (QED) is 0.185. The molecule has 7 aliphatic rings. The second-order valence-electron chi connectivity index (χ2n) is 30.7. The molecule has 3 atom stereocenters. The summed E-state index contributed by atoms with van der Waals surface area (Å²) < 4.78 is 14.1. The fraction of sp³-hybridized carbons (Fsp3) is 0.694. The first-order valence-electron chi connectivity index (χ1n) is 32.9. The minimum Gasteiger partial charge on any atom is -0.350 e. The fourth-order valence-electron chi connectivity index (χ4n) is 15.3. The molecule has 84 heavy (non-hydrogen) atoms. The number of fused-ring (bicyclic) bond motifs is 6. The molecule has 0 aromatic heterocycles. The zero-order valence-electron chi connectivity index (χ0n) is 54.3. The van der Waals surface area contributed by atoms with E-state index >= 15 is 0 Å². The number of nitrogens with zero attached hydrogens (tertiary/aromatic N) is 4. The van der Waals surface area contributed by atoms with Crippen LogP contribution in [0, 0.1) is 28.0 Å². The van der Waals surface area contributed by atoms with Crippen molar-refractivity contribution in [2.45, 2.75) is 227 Å². The van der Waals surface area contributed by atoms with Crippen molar-refractivity contribution in [2.24, 2.45) is 22.2 Å². The lowest BCUT2D eigenvalue weighted by atomic mass is 9.63. The molecular weight excluding hydrogens is 1050 g/mol. The maximum Gasteiger partial charge on any atom is 0.223 e. The Balaban J connectivity index is 0.000000237. The summed E-state index contributed by atoms with van der Waals surface area (Å²) in [6.45, 7) is 37.5. The molecule has 3 aromatic rings. The summed E-state index contributed by atoms with van der Waals surface area (Å²) in [6, 6.07) is 23.2. The first-order valence-corrected chi connectivity index (χ1v) is 32.9. The van der Waals surface area contributed by atoms with Gasteiger partial charge in [0, 0.05) is 44.1 Å². The van der Waals surface area contributed by atoms with Crippen molar-refractivity contribution in [1.29, 1.82) is 0 Å². The van der Waals surface area contributed by atoms with E-state index in [1.807, 2.05) is 11.0 Å². The number of likely N-dealkylation sites (tertiary alicyclic amines) is 4. The highest BCUT2D eigenvalue weighted by molar-refractivity contribution is 5.80. The van der Waals surface area contributed by atoms with Crippen LogP contribution in [0.1, 0.15) is 248 Å². The number of nitrogens with one attached hydrogen (secondary N) is 3. The predicted molar refractivity (Wildman–Crippen MR) is 347 cm³/mol. The van der Waals surface area contributed by atoms with Crippen molar-refractivity contribution in [3.63, 3.8) is 0 Å². The topological polar surface area (TPSA) is 117 Å². The van der Waals surface area contributed by atoms with Crippen LogP contribution in [0.4, 0.5) is 4.39 Å². The Hall–Kier alpha value is -4.65. The fourth-order valence-corrected chi connectivity index (χ4v) is 15.3. The second kappa shape index (κ2) is 27.6. The standard InChI is InChI=1S/C28H43N3O2.C22H33FN2O.C22H34N2O.3H2/c1-21(32)31-16-10-22(11-17-31)26(33)29-25-9-12-28(24-8-6-5-7-23(24)25)14-19-30(20-15-28)18-13-27(2,3)4;1-16(26)24-20-7-8-22(19-15-17(23)5-6-18(19)20)10-13-25(14-11-22)12-9-21(2,3)4;1-17(25)23-20-9-10-22(19-8-6-5-7-18(19)20)12-15-24(16-13-22)14-11-21(2,3)4;;;/h5-8,22,25H,9-20H2,1-4H3,(H,29,33);5-6,15,20H,7-14H2,1-4H3,(H,24,26);5-8,20H,9-16H2,1-4H3,(H,23,25);3*1H/t25-;2*20-;;;/m010.../s1. The summed E-state index contributed by atoms with van der Waals surface area (Å²) in [6.07, 6.45) is 18.8. The van der Waals surface area contributed by atoms with E-state index in [4.69, 9.17) is 0 Å². The van der Waals surface area contributed by atoms with E-state index in [2.05, 4.69) is 141 Å². The number of benzene rings is 3. The van der Waals surface area contributed by atoms with Gasteiger partial charge in [0.2, 0.25) is 23.6 Å². The first-order chi connectivity index (χ1) is 39.6. The number of hydrogen-bond donors (Lipinski definition) is 3. The zero-order chi connectivity index (χ0) is 60.7. The first kappa shape index (κ1) is 65.3. The highest BCUT2D eigenvalue weighted by atomic mass is 19.1. The summed E-state index contributed by atoms with van der Waals surface area (Å²) in [5, 5.41) is 9.61. The molecule has 12 heteroatoms. The van der Waals surface area contributed by atoms with Crippen molar-refractivity contribution >= 4 is 23.6 Å². The Morgan fingerprint density at radius 3 is 1.17 bits per heavy atom. The minimum atomic E-state index is -0.165. The second-order valence-corrected chi connectivity index (χ2v) is 30.7. The Bertz CT molecular complexity index is 2710. The summed E-state index contributed by atoms with van der Waals surface area (Å²) in [4.78, 5) is 57.6. The SMILES string of the molecule is CC(=O)N1CCC(C(=O)N[C@H]2CCC3(CCN(CCC(C)(C)C)CC3)c3ccccc32)CC1.CC(=O)N[C@@H]1CCC2(CCN(CCC(C)(C)C)CC2)c2cc(F)ccc21.CC(=O)N[C@H]1CCC2(CCN(CCC(C)(C)C)CC2)c2ccccc21.[HH].[HH].[HH].